The molecule has 0 aromatic heterocycles. The van der Waals surface area contributed by atoms with Crippen LogP contribution in [0, 0.1) is 0 Å². The maximum atomic E-state index is 11.8. The quantitative estimate of drug-likeness (QED) is 0.720. The number of hydrogen-bond donors (Lipinski definition) is 2. The number of nitrogens with two attached hydrogens (primary N) is 1. The van der Waals surface area contributed by atoms with Crippen LogP contribution in [0.25, 0.3) is 0 Å². The largest absolute Gasteiger partial charge is 0.399 e. The third-order valence-electron chi connectivity index (χ3n) is 2.88. The van der Waals surface area contributed by atoms with Crippen LogP contribution in [0.2, 0.25) is 0 Å². The van der Waals surface area contributed by atoms with Gasteiger partial charge in [-0.2, -0.15) is 0 Å². The first-order valence-corrected chi connectivity index (χ1v) is 5.64. The zero-order valence-electron chi connectivity index (χ0n) is 9.85. The molecule has 1 aliphatic rings. The number of ether oxygens (including phenoxy) is 1. The molecule has 92 valence electrons. The minimum Gasteiger partial charge on any atom is -0.399 e. The van der Waals surface area contributed by atoms with Crippen LogP contribution in [0.3, 0.4) is 0 Å². The first kappa shape index (κ1) is 11.7. The molecule has 3 N–H and O–H groups in total. The van der Waals surface area contributed by atoms with Crippen molar-refractivity contribution in [1.82, 2.24) is 5.32 Å². The first-order chi connectivity index (χ1) is 8.22. The maximum Gasteiger partial charge on any atom is 0.244 e. The van der Waals surface area contributed by atoms with E-state index in [4.69, 9.17) is 10.5 Å². The van der Waals surface area contributed by atoms with Gasteiger partial charge in [-0.05, 0) is 18.2 Å². The lowest BCUT2D eigenvalue weighted by Crippen LogP contribution is -2.53. The van der Waals surface area contributed by atoms with Gasteiger partial charge in [-0.25, -0.2) is 0 Å². The fourth-order valence-electron chi connectivity index (χ4n) is 2.00. The Hall–Kier alpha value is -1.75. The molecule has 0 bridgehead atoms. The molecule has 0 radical (unpaired) electrons. The van der Waals surface area contributed by atoms with Gasteiger partial charge in [-0.3, -0.25) is 4.79 Å². The first-order valence-electron chi connectivity index (χ1n) is 5.64. The minimum atomic E-state index is -0.282. The molecule has 1 aromatic rings. The molecule has 1 heterocycles. The van der Waals surface area contributed by atoms with Gasteiger partial charge in [0.25, 0.3) is 0 Å². The average molecular weight is 235 g/mol. The van der Waals surface area contributed by atoms with Crippen LogP contribution in [-0.2, 0) is 9.53 Å². The van der Waals surface area contributed by atoms with Crippen molar-refractivity contribution in [3.8, 4) is 0 Å². The van der Waals surface area contributed by atoms with E-state index in [1.165, 1.54) is 0 Å². The van der Waals surface area contributed by atoms with Gasteiger partial charge < -0.3 is 20.7 Å². The SMILES string of the molecule is CNC(=O)C1COCCN1c1cccc(N)c1. The second kappa shape index (κ2) is 5.05. The van der Waals surface area contributed by atoms with Crippen molar-refractivity contribution < 1.29 is 9.53 Å². The second-order valence-electron chi connectivity index (χ2n) is 3.99. The zero-order chi connectivity index (χ0) is 12.3. The highest BCUT2D eigenvalue weighted by Gasteiger charge is 2.28. The number of hydrogen-bond acceptors (Lipinski definition) is 4. The van der Waals surface area contributed by atoms with E-state index in [0.717, 1.165) is 5.69 Å². The number of rotatable bonds is 2. The molecule has 1 saturated heterocycles. The molecule has 5 heteroatoms. The van der Waals surface area contributed by atoms with E-state index in [2.05, 4.69) is 5.32 Å². The van der Waals surface area contributed by atoms with Crippen molar-refractivity contribution >= 4 is 17.3 Å². The number of anilines is 2. The smallest absolute Gasteiger partial charge is 0.244 e. The van der Waals surface area contributed by atoms with Crippen LogP contribution >= 0.6 is 0 Å². The summed E-state index contributed by atoms with van der Waals surface area (Å²) in [6.45, 7) is 1.73. The van der Waals surface area contributed by atoms with E-state index in [1.54, 1.807) is 7.05 Å². The van der Waals surface area contributed by atoms with E-state index < -0.39 is 0 Å². The molecule has 1 amide bonds. The Bertz CT molecular complexity index is 408. The van der Waals surface area contributed by atoms with Crippen LogP contribution in [-0.4, -0.2) is 38.8 Å². The molecule has 1 atom stereocenters. The summed E-state index contributed by atoms with van der Waals surface area (Å²) in [7, 11) is 1.63. The van der Waals surface area contributed by atoms with Gasteiger partial charge in [0.1, 0.15) is 6.04 Å². The van der Waals surface area contributed by atoms with E-state index in [-0.39, 0.29) is 11.9 Å². The highest BCUT2D eigenvalue weighted by Crippen LogP contribution is 2.21. The highest BCUT2D eigenvalue weighted by atomic mass is 16.5. The number of likely N-dealkylation sites (N-methyl/N-ethyl adjacent to an activating group) is 1. The number of benzene rings is 1. The topological polar surface area (TPSA) is 67.6 Å². The van der Waals surface area contributed by atoms with Gasteiger partial charge in [0.15, 0.2) is 0 Å². The molecular formula is C12H17N3O2. The van der Waals surface area contributed by atoms with Crippen LogP contribution in [0.4, 0.5) is 11.4 Å². The number of amides is 1. The van der Waals surface area contributed by atoms with Crippen molar-refractivity contribution in [3.05, 3.63) is 24.3 Å². The fraction of sp³-hybridized carbons (Fsp3) is 0.417. The number of nitrogens with zero attached hydrogens (tertiary/aromatic N) is 1. The summed E-state index contributed by atoms with van der Waals surface area (Å²) in [5, 5.41) is 2.66. The van der Waals surface area contributed by atoms with Crippen LogP contribution < -0.4 is 16.0 Å². The Morgan fingerprint density at radius 2 is 2.41 bits per heavy atom. The summed E-state index contributed by atoms with van der Waals surface area (Å²) < 4.78 is 5.35. The zero-order valence-corrected chi connectivity index (χ0v) is 9.85. The molecule has 2 rings (SSSR count). The van der Waals surface area contributed by atoms with E-state index in [9.17, 15) is 4.79 Å². The highest BCUT2D eigenvalue weighted by molar-refractivity contribution is 5.85. The molecular weight excluding hydrogens is 218 g/mol. The van der Waals surface area contributed by atoms with Gasteiger partial charge in [-0.1, -0.05) is 6.07 Å². The van der Waals surface area contributed by atoms with E-state index in [0.29, 0.717) is 25.4 Å². The Balaban J connectivity index is 2.24. The molecule has 1 aliphatic heterocycles. The summed E-state index contributed by atoms with van der Waals surface area (Å²) in [4.78, 5) is 13.8. The van der Waals surface area contributed by atoms with Crippen LogP contribution in [0.15, 0.2) is 24.3 Å². The van der Waals surface area contributed by atoms with Crippen molar-refractivity contribution in [2.45, 2.75) is 6.04 Å². The fourth-order valence-corrected chi connectivity index (χ4v) is 2.00. The lowest BCUT2D eigenvalue weighted by molar-refractivity contribution is -0.124. The van der Waals surface area contributed by atoms with Gasteiger partial charge in [-0.15, -0.1) is 0 Å². The molecule has 1 aromatic carbocycles. The predicted molar refractivity (Wildman–Crippen MR) is 66.9 cm³/mol. The summed E-state index contributed by atoms with van der Waals surface area (Å²) in [6.07, 6.45) is 0. The molecule has 5 nitrogen and oxygen atoms in total. The predicted octanol–water partition coefficient (Wildman–Crippen LogP) is 0.220. The van der Waals surface area contributed by atoms with Crippen LogP contribution in [0.5, 0.6) is 0 Å². The van der Waals surface area contributed by atoms with Crippen molar-refractivity contribution in [2.24, 2.45) is 0 Å². The number of nitrogen functional groups attached to an aromatic ring is 1. The lowest BCUT2D eigenvalue weighted by Gasteiger charge is -2.36. The lowest BCUT2D eigenvalue weighted by atomic mass is 10.1. The Labute approximate surface area is 101 Å². The third kappa shape index (κ3) is 2.50. The summed E-state index contributed by atoms with van der Waals surface area (Å²) >= 11 is 0. The summed E-state index contributed by atoms with van der Waals surface area (Å²) in [6, 6.07) is 7.27. The third-order valence-corrected chi connectivity index (χ3v) is 2.88. The Morgan fingerprint density at radius 1 is 1.59 bits per heavy atom. The van der Waals surface area contributed by atoms with Crippen LogP contribution in [0.1, 0.15) is 0 Å². The molecule has 1 fully saturated rings. The van der Waals surface area contributed by atoms with Crippen molar-refractivity contribution in [2.75, 3.05) is 37.4 Å². The molecule has 0 spiro atoms. The van der Waals surface area contributed by atoms with Crippen molar-refractivity contribution in [3.63, 3.8) is 0 Å². The molecule has 1 unspecified atom stereocenters. The monoisotopic (exact) mass is 235 g/mol. The molecule has 17 heavy (non-hydrogen) atoms. The Kier molecular flexibility index (Phi) is 3.49. The van der Waals surface area contributed by atoms with Gasteiger partial charge in [0.2, 0.25) is 5.91 Å². The molecule has 0 saturated carbocycles. The normalized spacial score (nSPS) is 20.1. The standard InChI is InChI=1S/C12H17N3O2/c1-14-12(16)11-8-17-6-5-15(11)10-4-2-3-9(13)7-10/h2-4,7,11H,5-6,8,13H2,1H3,(H,14,16). The number of morpholine rings is 1. The summed E-state index contributed by atoms with van der Waals surface area (Å²) in [5.41, 5.74) is 7.42. The number of carbonyl (C=O) groups is 1. The molecule has 0 aliphatic carbocycles. The second-order valence-corrected chi connectivity index (χ2v) is 3.99. The number of carbonyl (C=O) groups excluding carboxylic acids is 1. The Morgan fingerprint density at radius 3 is 3.12 bits per heavy atom. The average Bonchev–Trinajstić information content (AvgIpc) is 2.38. The minimum absolute atomic E-state index is 0.0351. The van der Waals surface area contributed by atoms with Crippen molar-refractivity contribution in [1.29, 1.82) is 0 Å². The maximum absolute atomic E-state index is 11.8. The van der Waals surface area contributed by atoms with E-state index >= 15 is 0 Å². The summed E-state index contributed by atoms with van der Waals surface area (Å²) in [5.74, 6) is -0.0351. The van der Waals surface area contributed by atoms with Gasteiger partial charge in [0.05, 0.1) is 13.2 Å². The van der Waals surface area contributed by atoms with Gasteiger partial charge >= 0.3 is 0 Å². The number of nitrogens with one attached hydrogen (secondary N) is 1. The van der Waals surface area contributed by atoms with Gasteiger partial charge in [0, 0.05) is 25.0 Å². The van der Waals surface area contributed by atoms with E-state index in [1.807, 2.05) is 29.2 Å².